The van der Waals surface area contributed by atoms with Gasteiger partial charge in [-0.25, -0.2) is 0 Å². The minimum atomic E-state index is 0.0251. The Bertz CT molecular complexity index is 719. The molecule has 2 aromatic rings. The first-order valence-corrected chi connectivity index (χ1v) is 8.17. The van der Waals surface area contributed by atoms with Crippen LogP contribution in [-0.4, -0.2) is 24.5 Å². The Kier molecular flexibility index (Phi) is 3.22. The first-order valence-electron chi connectivity index (χ1n) is 8.17. The van der Waals surface area contributed by atoms with Gasteiger partial charge in [0, 0.05) is 28.6 Å². The molecule has 1 amide bonds. The van der Waals surface area contributed by atoms with Crippen molar-refractivity contribution >= 4 is 16.9 Å². The summed E-state index contributed by atoms with van der Waals surface area (Å²) in [6.07, 6.45) is 4.11. The lowest BCUT2D eigenvalue weighted by atomic mass is 10.0. The zero-order valence-corrected chi connectivity index (χ0v) is 13.1. The van der Waals surface area contributed by atoms with E-state index in [-0.39, 0.29) is 11.9 Å². The second-order valence-electron chi connectivity index (χ2n) is 6.99. The average Bonchev–Trinajstić information content (AvgIpc) is 3.20. The number of nitrogens with one attached hydrogen (secondary N) is 2. The predicted octanol–water partition coefficient (Wildman–Crippen LogP) is 3.04. The molecule has 2 aliphatic rings. The van der Waals surface area contributed by atoms with Gasteiger partial charge in [-0.15, -0.1) is 0 Å². The van der Waals surface area contributed by atoms with Crippen molar-refractivity contribution in [1.29, 1.82) is 0 Å². The Morgan fingerprint density at radius 3 is 2.91 bits per heavy atom. The van der Waals surface area contributed by atoms with Gasteiger partial charge in [0.2, 0.25) is 0 Å². The van der Waals surface area contributed by atoms with E-state index in [1.807, 2.05) is 18.2 Å². The van der Waals surface area contributed by atoms with Crippen molar-refractivity contribution in [2.45, 2.75) is 44.7 Å². The fourth-order valence-corrected chi connectivity index (χ4v) is 3.90. The molecule has 2 heterocycles. The number of carbonyl (C=O) groups excluding carboxylic acids is 1. The summed E-state index contributed by atoms with van der Waals surface area (Å²) < 4.78 is 5.58. The molecule has 3 atom stereocenters. The fourth-order valence-electron chi connectivity index (χ4n) is 3.90. The first-order chi connectivity index (χ1) is 10.6. The fraction of sp³-hybridized carbons (Fsp3) is 0.500. The van der Waals surface area contributed by atoms with Crippen molar-refractivity contribution in [2.24, 2.45) is 5.92 Å². The number of hydrogen-bond donors (Lipinski definition) is 2. The molecule has 0 spiro atoms. The van der Waals surface area contributed by atoms with Crippen molar-refractivity contribution in [3.63, 3.8) is 0 Å². The van der Waals surface area contributed by atoms with Crippen LogP contribution in [0.15, 0.2) is 28.9 Å². The SMILES string of the molecule is CC(C)c1coc2ccc(C(=O)NC3CC4CNC3C4)cc12. The maximum atomic E-state index is 12.6. The number of amides is 1. The lowest BCUT2D eigenvalue weighted by Crippen LogP contribution is -2.47. The third-order valence-electron chi connectivity index (χ3n) is 5.13. The van der Waals surface area contributed by atoms with Crippen LogP contribution in [0.2, 0.25) is 0 Å². The quantitative estimate of drug-likeness (QED) is 0.916. The number of carbonyl (C=O) groups is 1. The van der Waals surface area contributed by atoms with Gasteiger partial charge in [0.25, 0.3) is 5.91 Å². The molecule has 2 fully saturated rings. The number of hydrogen-bond acceptors (Lipinski definition) is 3. The molecule has 1 aliphatic heterocycles. The largest absolute Gasteiger partial charge is 0.464 e. The predicted molar refractivity (Wildman–Crippen MR) is 86.1 cm³/mol. The zero-order valence-electron chi connectivity index (χ0n) is 13.1. The molecule has 22 heavy (non-hydrogen) atoms. The van der Waals surface area contributed by atoms with Crippen LogP contribution in [0.5, 0.6) is 0 Å². The first kappa shape index (κ1) is 13.8. The van der Waals surface area contributed by atoms with Crippen molar-refractivity contribution in [3.05, 3.63) is 35.6 Å². The standard InChI is InChI=1S/C18H22N2O2/c1-10(2)14-9-22-17-4-3-12(7-13(14)17)18(21)20-16-6-11-5-15(16)19-8-11/h3-4,7,9-11,15-16,19H,5-6,8H2,1-2H3,(H,20,21). The van der Waals surface area contributed by atoms with Crippen LogP contribution in [0.1, 0.15) is 48.5 Å². The minimum Gasteiger partial charge on any atom is -0.464 e. The van der Waals surface area contributed by atoms with E-state index in [0.29, 0.717) is 12.0 Å². The summed E-state index contributed by atoms with van der Waals surface area (Å²) in [6, 6.07) is 6.44. The summed E-state index contributed by atoms with van der Waals surface area (Å²) in [5, 5.41) is 7.73. The van der Waals surface area contributed by atoms with Crippen molar-refractivity contribution in [2.75, 3.05) is 6.54 Å². The van der Waals surface area contributed by atoms with Gasteiger partial charge < -0.3 is 15.1 Å². The number of piperidine rings is 1. The summed E-state index contributed by atoms with van der Waals surface area (Å²) >= 11 is 0. The summed E-state index contributed by atoms with van der Waals surface area (Å²) in [7, 11) is 0. The Morgan fingerprint density at radius 2 is 2.23 bits per heavy atom. The molecule has 3 unspecified atom stereocenters. The van der Waals surface area contributed by atoms with E-state index < -0.39 is 0 Å². The van der Waals surface area contributed by atoms with E-state index >= 15 is 0 Å². The molecule has 116 valence electrons. The number of furan rings is 1. The van der Waals surface area contributed by atoms with Crippen molar-refractivity contribution in [1.82, 2.24) is 10.6 Å². The van der Waals surface area contributed by atoms with Crippen LogP contribution in [0.4, 0.5) is 0 Å². The smallest absolute Gasteiger partial charge is 0.251 e. The molecule has 4 rings (SSSR count). The second kappa shape index (κ2) is 5.13. The van der Waals surface area contributed by atoms with Gasteiger partial charge in [0.05, 0.1) is 6.26 Å². The highest BCUT2D eigenvalue weighted by atomic mass is 16.3. The van der Waals surface area contributed by atoms with Gasteiger partial charge in [0.15, 0.2) is 0 Å². The zero-order chi connectivity index (χ0) is 15.3. The molecule has 1 aromatic carbocycles. The lowest BCUT2D eigenvalue weighted by molar-refractivity contribution is 0.0928. The molecular formula is C18H22N2O2. The van der Waals surface area contributed by atoms with Crippen LogP contribution in [0.25, 0.3) is 11.0 Å². The molecular weight excluding hydrogens is 276 g/mol. The van der Waals surface area contributed by atoms with E-state index in [0.717, 1.165) is 41.0 Å². The van der Waals surface area contributed by atoms with E-state index in [4.69, 9.17) is 4.42 Å². The Balaban J connectivity index is 1.57. The van der Waals surface area contributed by atoms with E-state index in [2.05, 4.69) is 24.5 Å². The third-order valence-corrected chi connectivity index (χ3v) is 5.13. The molecule has 1 saturated carbocycles. The summed E-state index contributed by atoms with van der Waals surface area (Å²) in [5.41, 5.74) is 2.73. The Morgan fingerprint density at radius 1 is 1.36 bits per heavy atom. The van der Waals surface area contributed by atoms with Gasteiger partial charge in [-0.3, -0.25) is 4.79 Å². The van der Waals surface area contributed by atoms with Crippen LogP contribution >= 0.6 is 0 Å². The van der Waals surface area contributed by atoms with Gasteiger partial charge in [-0.2, -0.15) is 0 Å². The highest BCUT2D eigenvalue weighted by molar-refractivity contribution is 5.98. The van der Waals surface area contributed by atoms with E-state index in [9.17, 15) is 4.79 Å². The van der Waals surface area contributed by atoms with Crippen LogP contribution in [-0.2, 0) is 0 Å². The van der Waals surface area contributed by atoms with Gasteiger partial charge in [-0.1, -0.05) is 13.8 Å². The van der Waals surface area contributed by atoms with E-state index in [1.54, 1.807) is 6.26 Å². The van der Waals surface area contributed by atoms with Crippen LogP contribution in [0, 0.1) is 5.92 Å². The number of benzene rings is 1. The highest BCUT2D eigenvalue weighted by Gasteiger charge is 2.40. The Hall–Kier alpha value is -1.81. The van der Waals surface area contributed by atoms with E-state index in [1.165, 1.54) is 6.42 Å². The van der Waals surface area contributed by atoms with Crippen molar-refractivity contribution < 1.29 is 9.21 Å². The molecule has 0 radical (unpaired) electrons. The summed E-state index contributed by atoms with van der Waals surface area (Å²) in [5.74, 6) is 1.14. The van der Waals surface area contributed by atoms with Gasteiger partial charge >= 0.3 is 0 Å². The average molecular weight is 298 g/mol. The maximum Gasteiger partial charge on any atom is 0.251 e. The number of rotatable bonds is 3. The lowest BCUT2D eigenvalue weighted by Gasteiger charge is -2.24. The van der Waals surface area contributed by atoms with Gasteiger partial charge in [0.1, 0.15) is 5.58 Å². The topological polar surface area (TPSA) is 54.3 Å². The van der Waals surface area contributed by atoms with Gasteiger partial charge in [-0.05, 0) is 49.4 Å². The maximum absolute atomic E-state index is 12.6. The van der Waals surface area contributed by atoms with Crippen molar-refractivity contribution in [3.8, 4) is 0 Å². The summed E-state index contributed by atoms with van der Waals surface area (Å²) in [4.78, 5) is 12.6. The highest BCUT2D eigenvalue weighted by Crippen LogP contribution is 2.32. The molecule has 2 N–H and O–H groups in total. The third kappa shape index (κ3) is 2.22. The molecule has 2 bridgehead atoms. The second-order valence-corrected chi connectivity index (χ2v) is 6.99. The summed E-state index contributed by atoms with van der Waals surface area (Å²) in [6.45, 7) is 5.38. The van der Waals surface area contributed by atoms with Crippen LogP contribution in [0.3, 0.4) is 0 Å². The van der Waals surface area contributed by atoms with Crippen LogP contribution < -0.4 is 10.6 Å². The molecule has 4 nitrogen and oxygen atoms in total. The molecule has 1 saturated heterocycles. The Labute approximate surface area is 130 Å². The minimum absolute atomic E-state index is 0.0251. The molecule has 4 heteroatoms. The normalized spacial score (nSPS) is 27.0. The molecule has 1 aromatic heterocycles. The molecule has 1 aliphatic carbocycles. The number of fused-ring (bicyclic) bond motifs is 3. The monoisotopic (exact) mass is 298 g/mol.